The Kier molecular flexibility index (Phi) is 3.68. The van der Waals surface area contributed by atoms with E-state index in [1.54, 1.807) is 0 Å². The van der Waals surface area contributed by atoms with Crippen molar-refractivity contribution in [3.05, 3.63) is 43.0 Å². The number of aromatic amines is 1. The highest BCUT2D eigenvalue weighted by atomic mass is 19.1. The lowest BCUT2D eigenvalue weighted by Crippen LogP contribution is -2.33. The van der Waals surface area contributed by atoms with E-state index < -0.39 is 29.8 Å². The minimum Gasteiger partial charge on any atom is -0.351 e. The van der Waals surface area contributed by atoms with Crippen LogP contribution in [0.15, 0.2) is 20.9 Å². The maximum atomic E-state index is 13.7. The molecule has 102 valence electrons. The summed E-state index contributed by atoms with van der Waals surface area (Å²) in [4.78, 5) is 27.5. The summed E-state index contributed by atoms with van der Waals surface area (Å²) in [6, 6.07) is 0. The molecule has 9 heteroatoms. The van der Waals surface area contributed by atoms with Crippen LogP contribution in [0, 0.1) is 6.92 Å². The SMILES string of the molecule is Cc1cn([C@H]2C[C@H](F)[C@@H](CN=[N+]=[N-])O2)c(=O)[nH]c1=O. The molecular formula is C10H12FN5O3. The van der Waals surface area contributed by atoms with Crippen molar-refractivity contribution in [2.75, 3.05) is 6.54 Å². The summed E-state index contributed by atoms with van der Waals surface area (Å²) in [6.45, 7) is 1.40. The average molecular weight is 269 g/mol. The van der Waals surface area contributed by atoms with Crippen molar-refractivity contribution >= 4 is 0 Å². The third-order valence-electron chi connectivity index (χ3n) is 2.94. The van der Waals surface area contributed by atoms with E-state index in [0.29, 0.717) is 5.56 Å². The van der Waals surface area contributed by atoms with Crippen LogP contribution in [0.4, 0.5) is 4.39 Å². The van der Waals surface area contributed by atoms with Gasteiger partial charge in [0.1, 0.15) is 12.4 Å². The Bertz CT molecular complexity index is 633. The van der Waals surface area contributed by atoms with E-state index in [9.17, 15) is 14.0 Å². The summed E-state index contributed by atoms with van der Waals surface area (Å²) in [5.41, 5.74) is 7.38. The summed E-state index contributed by atoms with van der Waals surface area (Å²) in [6.07, 6.45) is -1.71. The molecule has 2 rings (SSSR count). The monoisotopic (exact) mass is 269 g/mol. The van der Waals surface area contributed by atoms with Gasteiger partial charge in [-0.15, -0.1) is 0 Å². The van der Waals surface area contributed by atoms with Crippen LogP contribution in [0.5, 0.6) is 0 Å². The molecule has 1 N–H and O–H groups in total. The van der Waals surface area contributed by atoms with E-state index in [1.807, 2.05) is 0 Å². The molecule has 0 unspecified atom stereocenters. The van der Waals surface area contributed by atoms with Crippen molar-refractivity contribution in [3.63, 3.8) is 0 Å². The van der Waals surface area contributed by atoms with Gasteiger partial charge in [-0.3, -0.25) is 14.3 Å². The second-order valence-corrected chi connectivity index (χ2v) is 4.27. The fourth-order valence-corrected chi connectivity index (χ4v) is 1.94. The third-order valence-corrected chi connectivity index (χ3v) is 2.94. The lowest BCUT2D eigenvalue weighted by molar-refractivity contribution is -0.00542. The topological polar surface area (TPSA) is 113 Å². The van der Waals surface area contributed by atoms with Crippen LogP contribution < -0.4 is 11.2 Å². The highest BCUT2D eigenvalue weighted by Gasteiger charge is 2.36. The molecule has 0 radical (unpaired) electrons. The zero-order chi connectivity index (χ0) is 14.0. The van der Waals surface area contributed by atoms with Gasteiger partial charge in [-0.1, -0.05) is 5.11 Å². The van der Waals surface area contributed by atoms with E-state index in [1.165, 1.54) is 13.1 Å². The summed E-state index contributed by atoms with van der Waals surface area (Å²) in [5, 5.41) is 3.26. The van der Waals surface area contributed by atoms with Crippen LogP contribution >= 0.6 is 0 Å². The van der Waals surface area contributed by atoms with Crippen LogP contribution in [0.3, 0.4) is 0 Å². The fraction of sp³-hybridized carbons (Fsp3) is 0.600. The molecule has 0 bridgehead atoms. The molecule has 0 amide bonds. The standard InChI is InChI=1S/C10H12FN5O3/c1-5-4-16(10(18)14-9(5)17)8-2-6(11)7(19-8)3-13-15-12/h4,6-8H,2-3H2,1H3,(H,14,17,18)/t6-,7+,8+/m0/s1. The van der Waals surface area contributed by atoms with Crippen LogP contribution in [-0.4, -0.2) is 28.4 Å². The Labute approximate surface area is 106 Å². The van der Waals surface area contributed by atoms with E-state index in [-0.39, 0.29) is 13.0 Å². The number of nitrogens with zero attached hydrogens (tertiary/aromatic N) is 4. The molecule has 8 nitrogen and oxygen atoms in total. The Morgan fingerprint density at radius 1 is 1.68 bits per heavy atom. The van der Waals surface area contributed by atoms with E-state index in [0.717, 1.165) is 4.57 Å². The largest absolute Gasteiger partial charge is 0.351 e. The first-order chi connectivity index (χ1) is 9.02. The van der Waals surface area contributed by atoms with Gasteiger partial charge in [-0.2, -0.15) is 0 Å². The number of alkyl halides is 1. The number of aryl methyl sites for hydroxylation is 1. The molecule has 1 aliphatic heterocycles. The van der Waals surface area contributed by atoms with Crippen molar-refractivity contribution < 1.29 is 9.13 Å². The number of aromatic nitrogens is 2. The zero-order valence-corrected chi connectivity index (χ0v) is 10.1. The van der Waals surface area contributed by atoms with Gasteiger partial charge in [-0.25, -0.2) is 9.18 Å². The van der Waals surface area contributed by atoms with Gasteiger partial charge >= 0.3 is 5.69 Å². The first-order valence-electron chi connectivity index (χ1n) is 5.65. The number of ether oxygens (including phenoxy) is 1. The summed E-state index contributed by atoms with van der Waals surface area (Å²) >= 11 is 0. The molecule has 0 spiro atoms. The second-order valence-electron chi connectivity index (χ2n) is 4.27. The Balaban J connectivity index is 2.25. The minimum absolute atomic E-state index is 0.0307. The lowest BCUT2D eigenvalue weighted by Gasteiger charge is -2.14. The van der Waals surface area contributed by atoms with Crippen molar-refractivity contribution in [3.8, 4) is 0 Å². The van der Waals surface area contributed by atoms with Gasteiger partial charge in [0.15, 0.2) is 0 Å². The van der Waals surface area contributed by atoms with Crippen molar-refractivity contribution in [1.29, 1.82) is 0 Å². The van der Waals surface area contributed by atoms with Crippen molar-refractivity contribution in [2.45, 2.75) is 31.8 Å². The normalized spacial score (nSPS) is 26.1. The maximum Gasteiger partial charge on any atom is 0.330 e. The van der Waals surface area contributed by atoms with Crippen molar-refractivity contribution in [2.24, 2.45) is 5.11 Å². The highest BCUT2D eigenvalue weighted by Crippen LogP contribution is 2.29. The summed E-state index contributed by atoms with van der Waals surface area (Å²) < 4.78 is 20.1. The number of halogens is 1. The molecule has 1 aliphatic rings. The number of nitrogens with one attached hydrogen (secondary N) is 1. The zero-order valence-electron chi connectivity index (χ0n) is 10.1. The smallest absolute Gasteiger partial charge is 0.330 e. The maximum absolute atomic E-state index is 13.7. The number of H-pyrrole nitrogens is 1. The van der Waals surface area contributed by atoms with Crippen LogP contribution in [0.1, 0.15) is 18.2 Å². The van der Waals surface area contributed by atoms with Gasteiger partial charge < -0.3 is 4.74 Å². The average Bonchev–Trinajstić information content (AvgIpc) is 2.72. The van der Waals surface area contributed by atoms with E-state index in [4.69, 9.17) is 10.3 Å². The number of rotatable bonds is 3. The fourth-order valence-electron chi connectivity index (χ4n) is 1.94. The van der Waals surface area contributed by atoms with Crippen LogP contribution in [0.2, 0.25) is 0 Å². The van der Waals surface area contributed by atoms with Gasteiger partial charge in [0.2, 0.25) is 0 Å². The quantitative estimate of drug-likeness (QED) is 0.497. The van der Waals surface area contributed by atoms with E-state index >= 15 is 0 Å². The molecule has 19 heavy (non-hydrogen) atoms. The molecule has 2 heterocycles. The molecule has 1 aromatic rings. The number of azide groups is 1. The lowest BCUT2D eigenvalue weighted by atomic mass is 10.2. The molecular weight excluding hydrogens is 257 g/mol. The molecule has 0 aromatic carbocycles. The molecule has 0 saturated carbocycles. The second kappa shape index (κ2) is 5.25. The molecule has 3 atom stereocenters. The van der Waals surface area contributed by atoms with Gasteiger partial charge in [0.05, 0.1) is 12.6 Å². The van der Waals surface area contributed by atoms with E-state index in [2.05, 4.69) is 15.0 Å². The Morgan fingerprint density at radius 2 is 2.42 bits per heavy atom. The summed E-state index contributed by atoms with van der Waals surface area (Å²) in [7, 11) is 0. The van der Waals surface area contributed by atoms with Gasteiger partial charge in [0.25, 0.3) is 5.56 Å². The predicted molar refractivity (Wildman–Crippen MR) is 63.5 cm³/mol. The van der Waals surface area contributed by atoms with Gasteiger partial charge in [0, 0.05) is 23.1 Å². The van der Waals surface area contributed by atoms with Crippen LogP contribution in [0.25, 0.3) is 10.4 Å². The highest BCUT2D eigenvalue weighted by molar-refractivity contribution is 5.02. The number of hydrogen-bond donors (Lipinski definition) is 1. The first-order valence-corrected chi connectivity index (χ1v) is 5.65. The third kappa shape index (κ3) is 2.67. The van der Waals surface area contributed by atoms with Crippen molar-refractivity contribution in [1.82, 2.24) is 9.55 Å². The number of hydrogen-bond acceptors (Lipinski definition) is 4. The molecule has 0 aliphatic carbocycles. The first kappa shape index (κ1) is 13.3. The van der Waals surface area contributed by atoms with Gasteiger partial charge in [-0.05, 0) is 12.5 Å². The molecule has 1 aromatic heterocycles. The Morgan fingerprint density at radius 3 is 3.11 bits per heavy atom. The molecule has 1 saturated heterocycles. The Hall–Kier alpha value is -2.12. The minimum atomic E-state index is -1.32. The summed E-state index contributed by atoms with van der Waals surface area (Å²) in [5.74, 6) is 0. The molecule has 1 fully saturated rings. The van der Waals surface area contributed by atoms with Crippen LogP contribution in [-0.2, 0) is 4.74 Å². The predicted octanol–water partition coefficient (Wildman–Crippen LogP) is 0.781.